The van der Waals surface area contributed by atoms with Crippen LogP contribution in [0.15, 0.2) is 29.7 Å². The first-order valence-corrected chi connectivity index (χ1v) is 9.87. The number of hydrogen-bond acceptors (Lipinski definition) is 4. The van der Waals surface area contributed by atoms with Crippen molar-refractivity contribution in [3.63, 3.8) is 0 Å². The fourth-order valence-electron chi connectivity index (χ4n) is 3.68. The molecule has 1 amide bonds. The van der Waals surface area contributed by atoms with Gasteiger partial charge >= 0.3 is 0 Å². The molecule has 0 N–H and O–H groups in total. The summed E-state index contributed by atoms with van der Waals surface area (Å²) in [4.78, 5) is 14.8. The zero-order chi connectivity index (χ0) is 18.0. The van der Waals surface area contributed by atoms with Crippen molar-refractivity contribution in [2.75, 3.05) is 5.75 Å². The molecule has 5 nitrogen and oxygen atoms in total. The van der Waals surface area contributed by atoms with Gasteiger partial charge in [0, 0.05) is 12.1 Å². The first-order valence-electron chi connectivity index (χ1n) is 8.89. The molecule has 1 aromatic heterocycles. The number of likely N-dealkylation sites (tertiary alicyclic amines) is 1. The SMILES string of the molecule is Cc1ccc(-n2cnnc2SCC(=O)N2C(C)CCCC2C)c(C)c1. The second kappa shape index (κ2) is 7.60. The van der Waals surface area contributed by atoms with Crippen LogP contribution in [0, 0.1) is 13.8 Å². The number of carbonyl (C=O) groups is 1. The van der Waals surface area contributed by atoms with Crippen molar-refractivity contribution >= 4 is 17.7 Å². The normalized spacial score (nSPS) is 20.7. The van der Waals surface area contributed by atoms with Crippen LogP contribution in [0.25, 0.3) is 5.69 Å². The highest BCUT2D eigenvalue weighted by atomic mass is 32.2. The van der Waals surface area contributed by atoms with Crippen LogP contribution < -0.4 is 0 Å². The molecule has 0 saturated carbocycles. The molecule has 1 fully saturated rings. The zero-order valence-electron chi connectivity index (χ0n) is 15.4. The monoisotopic (exact) mass is 358 g/mol. The molecule has 2 heterocycles. The van der Waals surface area contributed by atoms with E-state index in [2.05, 4.69) is 56.1 Å². The average Bonchev–Trinajstić information content (AvgIpc) is 3.01. The van der Waals surface area contributed by atoms with Crippen LogP contribution in [0.3, 0.4) is 0 Å². The molecule has 0 radical (unpaired) electrons. The van der Waals surface area contributed by atoms with E-state index in [0.717, 1.165) is 23.7 Å². The highest BCUT2D eigenvalue weighted by Gasteiger charge is 2.29. The Morgan fingerprint density at radius 1 is 1.24 bits per heavy atom. The predicted molar refractivity (Wildman–Crippen MR) is 101 cm³/mol. The number of hydrogen-bond donors (Lipinski definition) is 0. The lowest BCUT2D eigenvalue weighted by Crippen LogP contribution is -2.48. The highest BCUT2D eigenvalue weighted by molar-refractivity contribution is 7.99. The largest absolute Gasteiger partial charge is 0.337 e. The van der Waals surface area contributed by atoms with E-state index < -0.39 is 0 Å². The van der Waals surface area contributed by atoms with E-state index in [1.165, 1.54) is 29.3 Å². The van der Waals surface area contributed by atoms with Crippen molar-refractivity contribution in [1.29, 1.82) is 0 Å². The van der Waals surface area contributed by atoms with Gasteiger partial charge in [-0.3, -0.25) is 9.36 Å². The van der Waals surface area contributed by atoms with Crippen molar-refractivity contribution in [3.05, 3.63) is 35.7 Å². The summed E-state index contributed by atoms with van der Waals surface area (Å²) in [7, 11) is 0. The Labute approximate surface area is 153 Å². The Kier molecular flexibility index (Phi) is 5.47. The summed E-state index contributed by atoms with van der Waals surface area (Å²) in [5.74, 6) is 0.595. The predicted octanol–water partition coefficient (Wildman–Crippen LogP) is 3.77. The molecule has 2 aromatic rings. The molecule has 134 valence electrons. The molecular weight excluding hydrogens is 332 g/mol. The van der Waals surface area contributed by atoms with Crippen LogP contribution >= 0.6 is 11.8 Å². The minimum Gasteiger partial charge on any atom is -0.337 e. The molecule has 0 bridgehead atoms. The van der Waals surface area contributed by atoms with Gasteiger partial charge in [-0.1, -0.05) is 29.5 Å². The number of benzene rings is 1. The summed E-state index contributed by atoms with van der Waals surface area (Å²) in [6.45, 7) is 8.46. The summed E-state index contributed by atoms with van der Waals surface area (Å²) >= 11 is 1.47. The summed E-state index contributed by atoms with van der Waals surface area (Å²) in [5.41, 5.74) is 3.46. The molecule has 1 saturated heterocycles. The van der Waals surface area contributed by atoms with E-state index in [-0.39, 0.29) is 5.91 Å². The molecule has 0 spiro atoms. The molecular formula is C19H26N4OS. The third-order valence-electron chi connectivity index (χ3n) is 4.93. The molecule has 3 rings (SSSR count). The maximum Gasteiger partial charge on any atom is 0.233 e. The molecule has 2 atom stereocenters. The van der Waals surface area contributed by atoms with Gasteiger partial charge in [-0.25, -0.2) is 0 Å². The summed E-state index contributed by atoms with van der Waals surface area (Å²) in [6.07, 6.45) is 5.12. The van der Waals surface area contributed by atoms with Gasteiger partial charge < -0.3 is 4.90 Å². The van der Waals surface area contributed by atoms with Crippen LogP contribution in [0.4, 0.5) is 0 Å². The first kappa shape index (κ1) is 18.0. The lowest BCUT2D eigenvalue weighted by molar-refractivity contribution is -0.134. The van der Waals surface area contributed by atoms with Gasteiger partial charge in [-0.05, 0) is 58.6 Å². The Morgan fingerprint density at radius 3 is 2.64 bits per heavy atom. The Bertz CT molecular complexity index is 748. The van der Waals surface area contributed by atoms with E-state index in [1.54, 1.807) is 6.33 Å². The quantitative estimate of drug-likeness (QED) is 0.781. The van der Waals surface area contributed by atoms with Gasteiger partial charge in [-0.15, -0.1) is 10.2 Å². The van der Waals surface area contributed by atoms with Crippen LogP contribution in [0.5, 0.6) is 0 Å². The molecule has 1 aliphatic heterocycles. The minimum absolute atomic E-state index is 0.194. The molecule has 25 heavy (non-hydrogen) atoms. The standard InChI is InChI=1S/C19H26N4OS/c1-13-8-9-17(14(2)10-13)22-12-20-21-19(22)25-11-18(24)23-15(3)6-5-7-16(23)4/h8-10,12,15-16H,5-7,11H2,1-4H3. The van der Waals surface area contributed by atoms with Gasteiger partial charge in [0.15, 0.2) is 5.16 Å². The van der Waals surface area contributed by atoms with E-state index >= 15 is 0 Å². The topological polar surface area (TPSA) is 51.0 Å². The highest BCUT2D eigenvalue weighted by Crippen LogP contribution is 2.26. The third-order valence-corrected chi connectivity index (χ3v) is 5.86. The molecule has 2 unspecified atom stereocenters. The Balaban J connectivity index is 1.72. The number of aromatic nitrogens is 3. The number of amides is 1. The second-order valence-corrected chi connectivity index (χ2v) is 7.93. The third kappa shape index (κ3) is 3.89. The van der Waals surface area contributed by atoms with E-state index in [4.69, 9.17) is 0 Å². The van der Waals surface area contributed by atoms with Gasteiger partial charge in [0.05, 0.1) is 11.4 Å². The lowest BCUT2D eigenvalue weighted by atomic mass is 9.98. The smallest absolute Gasteiger partial charge is 0.233 e. The number of aryl methyl sites for hydroxylation is 2. The Morgan fingerprint density at radius 2 is 1.96 bits per heavy atom. The van der Waals surface area contributed by atoms with Gasteiger partial charge in [0.25, 0.3) is 0 Å². The summed E-state index contributed by atoms with van der Waals surface area (Å²) in [6, 6.07) is 6.96. The summed E-state index contributed by atoms with van der Waals surface area (Å²) in [5, 5.41) is 9.03. The first-order chi connectivity index (χ1) is 12.0. The van der Waals surface area contributed by atoms with Gasteiger partial charge in [0.2, 0.25) is 5.91 Å². The van der Waals surface area contributed by atoms with Crippen molar-refractivity contribution < 1.29 is 4.79 Å². The second-order valence-electron chi connectivity index (χ2n) is 6.99. The van der Waals surface area contributed by atoms with E-state index in [1.807, 2.05) is 9.47 Å². The molecule has 6 heteroatoms. The number of carbonyl (C=O) groups excluding carboxylic acids is 1. The van der Waals surface area contributed by atoms with E-state index in [0.29, 0.717) is 17.8 Å². The van der Waals surface area contributed by atoms with Gasteiger partial charge in [0.1, 0.15) is 6.33 Å². The lowest BCUT2D eigenvalue weighted by Gasteiger charge is -2.39. The number of nitrogens with zero attached hydrogens (tertiary/aromatic N) is 4. The molecule has 1 aliphatic rings. The van der Waals surface area contributed by atoms with Crippen molar-refractivity contribution in [2.24, 2.45) is 0 Å². The van der Waals surface area contributed by atoms with Crippen LogP contribution in [0.1, 0.15) is 44.2 Å². The average molecular weight is 359 g/mol. The minimum atomic E-state index is 0.194. The van der Waals surface area contributed by atoms with Crippen LogP contribution in [0.2, 0.25) is 0 Å². The molecule has 0 aliphatic carbocycles. The van der Waals surface area contributed by atoms with E-state index in [9.17, 15) is 4.79 Å². The fraction of sp³-hybridized carbons (Fsp3) is 0.526. The zero-order valence-corrected chi connectivity index (χ0v) is 16.2. The number of piperidine rings is 1. The van der Waals surface area contributed by atoms with Crippen molar-refractivity contribution in [3.8, 4) is 5.69 Å². The van der Waals surface area contributed by atoms with Gasteiger partial charge in [-0.2, -0.15) is 0 Å². The number of rotatable bonds is 4. The van der Waals surface area contributed by atoms with Crippen LogP contribution in [-0.4, -0.2) is 43.4 Å². The summed E-state index contributed by atoms with van der Waals surface area (Å²) < 4.78 is 1.97. The fourth-order valence-corrected chi connectivity index (χ4v) is 4.47. The Hall–Kier alpha value is -1.82. The van der Waals surface area contributed by atoms with Crippen molar-refractivity contribution in [1.82, 2.24) is 19.7 Å². The van der Waals surface area contributed by atoms with Crippen LogP contribution in [-0.2, 0) is 4.79 Å². The number of thioether (sulfide) groups is 1. The van der Waals surface area contributed by atoms with Crippen molar-refractivity contribution in [2.45, 2.75) is 64.2 Å². The maximum atomic E-state index is 12.7. The maximum absolute atomic E-state index is 12.7. The molecule has 1 aromatic carbocycles.